The van der Waals surface area contributed by atoms with Crippen LogP contribution < -0.4 is 0 Å². The summed E-state index contributed by atoms with van der Waals surface area (Å²) in [6.07, 6.45) is 1.12. The number of carboxylic acids is 1. The van der Waals surface area contributed by atoms with Crippen LogP contribution in [0.15, 0.2) is 27.5 Å². The molecule has 2 aromatic rings. The summed E-state index contributed by atoms with van der Waals surface area (Å²) < 4.78 is 28.7. The zero-order valence-electron chi connectivity index (χ0n) is 11.8. The normalized spacial score (nSPS) is 24.1. The Balaban J connectivity index is 2.05. The molecule has 7 heteroatoms. The molecule has 1 heterocycles. The van der Waals surface area contributed by atoms with Crippen LogP contribution >= 0.6 is 0 Å². The molecular formula is C14H15NO5S. The van der Waals surface area contributed by atoms with E-state index in [1.807, 2.05) is 13.8 Å². The number of hydrogen-bond acceptors (Lipinski definition) is 5. The summed E-state index contributed by atoms with van der Waals surface area (Å²) in [5.74, 6) is -1.33. The number of benzene rings is 1. The molecule has 1 aliphatic rings. The monoisotopic (exact) mass is 309 g/mol. The molecule has 1 saturated carbocycles. The van der Waals surface area contributed by atoms with E-state index in [0.717, 1.165) is 6.26 Å². The first-order valence-corrected chi connectivity index (χ1v) is 8.35. The van der Waals surface area contributed by atoms with Crippen LogP contribution in [0.2, 0.25) is 0 Å². The molecule has 1 aromatic heterocycles. The van der Waals surface area contributed by atoms with E-state index < -0.39 is 27.1 Å². The lowest BCUT2D eigenvalue weighted by molar-refractivity contribution is -0.139. The van der Waals surface area contributed by atoms with Gasteiger partial charge in [-0.05, 0) is 23.6 Å². The van der Waals surface area contributed by atoms with E-state index in [0.29, 0.717) is 17.0 Å². The molecule has 2 unspecified atom stereocenters. The van der Waals surface area contributed by atoms with Gasteiger partial charge in [0.15, 0.2) is 21.3 Å². The Labute approximate surface area is 121 Å². The van der Waals surface area contributed by atoms with Crippen LogP contribution in [-0.4, -0.2) is 30.7 Å². The largest absolute Gasteiger partial charge is 0.481 e. The Kier molecular flexibility index (Phi) is 2.72. The third kappa shape index (κ3) is 2.12. The maximum atomic E-state index is 11.5. The van der Waals surface area contributed by atoms with Crippen molar-refractivity contribution in [2.24, 2.45) is 11.3 Å². The third-order valence-corrected chi connectivity index (χ3v) is 5.27. The van der Waals surface area contributed by atoms with Crippen molar-refractivity contribution in [2.75, 3.05) is 6.26 Å². The summed E-state index contributed by atoms with van der Waals surface area (Å²) in [6, 6.07) is 4.45. The number of oxazole rings is 1. The van der Waals surface area contributed by atoms with E-state index in [-0.39, 0.29) is 10.8 Å². The van der Waals surface area contributed by atoms with Gasteiger partial charge in [-0.3, -0.25) is 4.79 Å². The van der Waals surface area contributed by atoms with Gasteiger partial charge in [-0.15, -0.1) is 0 Å². The van der Waals surface area contributed by atoms with Crippen molar-refractivity contribution in [3.8, 4) is 0 Å². The van der Waals surface area contributed by atoms with Gasteiger partial charge in [-0.1, -0.05) is 13.8 Å². The fourth-order valence-corrected chi connectivity index (χ4v) is 3.49. The summed E-state index contributed by atoms with van der Waals surface area (Å²) in [5, 5.41) is 9.20. The summed E-state index contributed by atoms with van der Waals surface area (Å²) in [4.78, 5) is 15.7. The highest BCUT2D eigenvalue weighted by molar-refractivity contribution is 7.90. The molecule has 0 bridgehead atoms. The second kappa shape index (κ2) is 4.07. The third-order valence-electron chi connectivity index (χ3n) is 4.16. The van der Waals surface area contributed by atoms with Gasteiger partial charge in [0.25, 0.3) is 0 Å². The predicted octanol–water partition coefficient (Wildman–Crippen LogP) is 2.06. The first-order chi connectivity index (χ1) is 9.62. The van der Waals surface area contributed by atoms with E-state index in [1.54, 1.807) is 6.07 Å². The molecule has 112 valence electrons. The van der Waals surface area contributed by atoms with Crippen molar-refractivity contribution >= 4 is 26.9 Å². The fraction of sp³-hybridized carbons (Fsp3) is 0.429. The molecule has 0 aliphatic heterocycles. The van der Waals surface area contributed by atoms with Crippen LogP contribution in [0.4, 0.5) is 0 Å². The number of aromatic nitrogens is 1. The Morgan fingerprint density at radius 2 is 2.05 bits per heavy atom. The lowest BCUT2D eigenvalue weighted by Crippen LogP contribution is -2.03. The minimum atomic E-state index is -3.31. The van der Waals surface area contributed by atoms with Crippen molar-refractivity contribution < 1.29 is 22.7 Å². The van der Waals surface area contributed by atoms with Crippen LogP contribution in [0.3, 0.4) is 0 Å². The van der Waals surface area contributed by atoms with Gasteiger partial charge >= 0.3 is 5.97 Å². The van der Waals surface area contributed by atoms with Crippen molar-refractivity contribution in [2.45, 2.75) is 24.7 Å². The lowest BCUT2D eigenvalue weighted by atomic mass is 10.1. The molecule has 0 spiro atoms. The Hall–Kier alpha value is -1.89. The van der Waals surface area contributed by atoms with E-state index >= 15 is 0 Å². The van der Waals surface area contributed by atoms with Gasteiger partial charge in [0.2, 0.25) is 0 Å². The molecule has 3 rings (SSSR count). The van der Waals surface area contributed by atoms with Gasteiger partial charge in [0.1, 0.15) is 5.52 Å². The number of fused-ring (bicyclic) bond motifs is 1. The topological polar surface area (TPSA) is 97.5 Å². The van der Waals surface area contributed by atoms with E-state index in [9.17, 15) is 18.3 Å². The molecule has 1 N–H and O–H groups in total. The van der Waals surface area contributed by atoms with Crippen LogP contribution in [0.1, 0.15) is 25.7 Å². The molecule has 21 heavy (non-hydrogen) atoms. The highest BCUT2D eigenvalue weighted by Crippen LogP contribution is 2.64. The van der Waals surface area contributed by atoms with Crippen molar-refractivity contribution in [3.63, 3.8) is 0 Å². The average Bonchev–Trinajstić information content (AvgIpc) is 2.75. The molecule has 1 aliphatic carbocycles. The molecule has 2 atom stereocenters. The minimum Gasteiger partial charge on any atom is -0.481 e. The number of carbonyl (C=O) groups is 1. The highest BCUT2D eigenvalue weighted by atomic mass is 32.2. The summed E-state index contributed by atoms with van der Waals surface area (Å²) >= 11 is 0. The molecule has 1 aromatic carbocycles. The van der Waals surface area contributed by atoms with E-state index in [2.05, 4.69) is 4.98 Å². The van der Waals surface area contributed by atoms with Crippen molar-refractivity contribution in [1.82, 2.24) is 4.98 Å². The Morgan fingerprint density at radius 3 is 2.57 bits per heavy atom. The van der Waals surface area contributed by atoms with Crippen molar-refractivity contribution in [1.29, 1.82) is 0 Å². The minimum absolute atomic E-state index is 0.166. The molecule has 0 amide bonds. The number of aliphatic carboxylic acids is 1. The first-order valence-electron chi connectivity index (χ1n) is 6.45. The fourth-order valence-electron chi connectivity index (χ4n) is 2.85. The Morgan fingerprint density at radius 1 is 1.38 bits per heavy atom. The number of rotatable bonds is 3. The summed E-state index contributed by atoms with van der Waals surface area (Å²) in [5.41, 5.74) is 0.482. The first kappa shape index (κ1) is 14.1. The van der Waals surface area contributed by atoms with E-state index in [1.165, 1.54) is 12.1 Å². The zero-order chi connectivity index (χ0) is 15.6. The van der Waals surface area contributed by atoms with E-state index in [4.69, 9.17) is 4.42 Å². The number of nitrogens with zero attached hydrogens (tertiary/aromatic N) is 1. The van der Waals surface area contributed by atoms with Gasteiger partial charge in [-0.25, -0.2) is 13.4 Å². The van der Waals surface area contributed by atoms with Crippen LogP contribution in [-0.2, 0) is 14.6 Å². The number of sulfone groups is 1. The summed E-state index contributed by atoms with van der Waals surface area (Å²) in [6.45, 7) is 3.71. The smallest absolute Gasteiger partial charge is 0.307 e. The second-order valence-corrected chi connectivity index (χ2v) is 8.08. The van der Waals surface area contributed by atoms with Gasteiger partial charge < -0.3 is 9.52 Å². The van der Waals surface area contributed by atoms with Crippen LogP contribution in [0.5, 0.6) is 0 Å². The Bertz CT molecular complexity index is 849. The summed E-state index contributed by atoms with van der Waals surface area (Å²) in [7, 11) is -3.31. The predicted molar refractivity (Wildman–Crippen MR) is 74.8 cm³/mol. The second-order valence-electron chi connectivity index (χ2n) is 6.07. The van der Waals surface area contributed by atoms with Crippen LogP contribution in [0.25, 0.3) is 11.1 Å². The number of carboxylic acid groups (broad SMARTS) is 1. The highest BCUT2D eigenvalue weighted by Gasteiger charge is 2.65. The maximum Gasteiger partial charge on any atom is 0.307 e. The zero-order valence-corrected chi connectivity index (χ0v) is 12.6. The lowest BCUT2D eigenvalue weighted by Gasteiger charge is -1.96. The maximum absolute atomic E-state index is 11.5. The van der Waals surface area contributed by atoms with Gasteiger partial charge in [-0.2, -0.15) is 0 Å². The number of hydrogen-bond donors (Lipinski definition) is 1. The molecule has 0 radical (unpaired) electrons. The molecule has 6 nitrogen and oxygen atoms in total. The molecular weight excluding hydrogens is 294 g/mol. The average molecular weight is 309 g/mol. The standard InChI is InChI=1S/C14H15NO5S/c1-14(2)10(11(14)13(16)17)12-15-8-6-7(21(3,18)19)4-5-9(8)20-12/h4-6,10-11H,1-3H3,(H,16,17). The van der Waals surface area contributed by atoms with Crippen LogP contribution in [0, 0.1) is 11.3 Å². The molecule has 0 saturated heterocycles. The van der Waals surface area contributed by atoms with Gasteiger partial charge in [0, 0.05) is 6.26 Å². The molecule has 1 fully saturated rings. The SMILES string of the molecule is CC1(C)C(C(=O)O)C1c1nc2cc(S(C)(=O)=O)ccc2o1. The quantitative estimate of drug-likeness (QED) is 0.932. The van der Waals surface area contributed by atoms with Gasteiger partial charge in [0.05, 0.1) is 16.7 Å². The van der Waals surface area contributed by atoms with Crippen molar-refractivity contribution in [3.05, 3.63) is 24.1 Å².